The lowest BCUT2D eigenvalue weighted by Gasteiger charge is -2.52. The third-order valence-electron chi connectivity index (χ3n) is 8.32. The van der Waals surface area contributed by atoms with E-state index in [1.807, 2.05) is 17.0 Å². The molecule has 2 amide bonds. The van der Waals surface area contributed by atoms with E-state index in [0.29, 0.717) is 25.3 Å². The second-order valence-electron chi connectivity index (χ2n) is 10.9. The average Bonchev–Trinajstić information content (AvgIpc) is 2.89. The van der Waals surface area contributed by atoms with Crippen molar-refractivity contribution in [3.05, 3.63) is 29.8 Å². The minimum absolute atomic E-state index is 0.0890. The van der Waals surface area contributed by atoms with E-state index >= 15 is 0 Å². The summed E-state index contributed by atoms with van der Waals surface area (Å²) in [5.41, 5.74) is 0.577. The van der Waals surface area contributed by atoms with Crippen LogP contribution in [0.5, 0.6) is 5.75 Å². The molecule has 2 heterocycles. The largest absolute Gasteiger partial charge is 0.494 e. The van der Waals surface area contributed by atoms with Crippen molar-refractivity contribution in [3.8, 4) is 5.75 Å². The Morgan fingerprint density at radius 1 is 1.00 bits per heavy atom. The molecule has 4 rings (SSSR count). The van der Waals surface area contributed by atoms with Gasteiger partial charge in [-0.3, -0.25) is 14.5 Å². The van der Waals surface area contributed by atoms with E-state index in [-0.39, 0.29) is 17.9 Å². The monoisotopic (exact) mass is 483 g/mol. The lowest BCUT2D eigenvalue weighted by molar-refractivity contribution is -0.162. The zero-order chi connectivity index (χ0) is 24.7. The summed E-state index contributed by atoms with van der Waals surface area (Å²) in [5, 5.41) is 3.21. The molecule has 1 N–H and O–H groups in total. The number of unbranched alkanes of at least 4 members (excludes halogenated alkanes) is 1. The molecule has 1 aromatic rings. The molecule has 0 aromatic heterocycles. The maximum atomic E-state index is 13.7. The molecule has 1 atom stereocenters. The van der Waals surface area contributed by atoms with Gasteiger partial charge in [-0.15, -0.1) is 0 Å². The van der Waals surface area contributed by atoms with Gasteiger partial charge in [-0.1, -0.05) is 64.5 Å². The van der Waals surface area contributed by atoms with Gasteiger partial charge in [0, 0.05) is 26.2 Å². The highest BCUT2D eigenvalue weighted by Gasteiger charge is 2.53. The van der Waals surface area contributed by atoms with Crippen molar-refractivity contribution in [2.45, 2.75) is 103 Å². The molecular formula is C29H45N3O3. The second kappa shape index (κ2) is 12.2. The molecule has 0 radical (unpaired) electrons. The number of carbonyl (C=O) groups is 2. The SMILES string of the molecule is CCCCN1C(=O)C(CC2CCCCC2)NC(=O)C12CCN(Cc1ccc(OCCC)cc1)CC2. The average molecular weight is 484 g/mol. The van der Waals surface area contributed by atoms with Gasteiger partial charge in [0.1, 0.15) is 17.3 Å². The molecule has 1 unspecified atom stereocenters. The van der Waals surface area contributed by atoms with Gasteiger partial charge in [0.15, 0.2) is 0 Å². The predicted octanol–water partition coefficient (Wildman–Crippen LogP) is 4.91. The maximum absolute atomic E-state index is 13.7. The molecule has 2 aliphatic heterocycles. The topological polar surface area (TPSA) is 61.9 Å². The lowest BCUT2D eigenvalue weighted by atomic mass is 9.79. The first kappa shape index (κ1) is 26.0. The van der Waals surface area contributed by atoms with Gasteiger partial charge in [0.05, 0.1) is 6.61 Å². The van der Waals surface area contributed by atoms with Crippen molar-refractivity contribution in [1.29, 1.82) is 0 Å². The van der Waals surface area contributed by atoms with Crippen LogP contribution in [0.1, 0.15) is 90.0 Å². The van der Waals surface area contributed by atoms with E-state index in [9.17, 15) is 9.59 Å². The summed E-state index contributed by atoms with van der Waals surface area (Å²) in [7, 11) is 0. The van der Waals surface area contributed by atoms with Crippen LogP contribution in [0.2, 0.25) is 0 Å². The van der Waals surface area contributed by atoms with E-state index in [1.54, 1.807) is 0 Å². The standard InChI is InChI=1S/C29H45N3O3/c1-3-5-17-32-27(33)26(21-23-9-7-6-8-10-23)30-28(34)29(32)15-18-31(19-16-29)22-24-11-13-25(14-12-24)35-20-4-2/h11-14,23,26H,3-10,15-22H2,1-2H3,(H,30,34). The Bertz CT molecular complexity index is 826. The number of nitrogens with zero attached hydrogens (tertiary/aromatic N) is 2. The summed E-state index contributed by atoms with van der Waals surface area (Å²) < 4.78 is 5.70. The van der Waals surface area contributed by atoms with Crippen molar-refractivity contribution < 1.29 is 14.3 Å². The Labute approximate surface area is 211 Å². The summed E-state index contributed by atoms with van der Waals surface area (Å²) in [6.45, 7) is 8.21. The predicted molar refractivity (Wildman–Crippen MR) is 139 cm³/mol. The molecule has 6 heteroatoms. The van der Waals surface area contributed by atoms with Crippen LogP contribution >= 0.6 is 0 Å². The molecule has 1 aliphatic carbocycles. The first-order valence-electron chi connectivity index (χ1n) is 14.1. The van der Waals surface area contributed by atoms with Gasteiger partial charge in [-0.2, -0.15) is 0 Å². The van der Waals surface area contributed by atoms with E-state index in [0.717, 1.165) is 57.7 Å². The van der Waals surface area contributed by atoms with E-state index in [4.69, 9.17) is 4.74 Å². The third-order valence-corrected chi connectivity index (χ3v) is 8.32. The van der Waals surface area contributed by atoms with Gasteiger partial charge >= 0.3 is 0 Å². The molecule has 1 saturated carbocycles. The van der Waals surface area contributed by atoms with E-state index in [2.05, 4.69) is 36.2 Å². The van der Waals surface area contributed by atoms with Crippen molar-refractivity contribution in [2.75, 3.05) is 26.2 Å². The number of piperidine rings is 1. The number of nitrogens with one attached hydrogen (secondary N) is 1. The van der Waals surface area contributed by atoms with Gasteiger partial charge in [-0.05, 0) is 55.7 Å². The van der Waals surface area contributed by atoms with Gasteiger partial charge in [0.25, 0.3) is 0 Å². The third kappa shape index (κ3) is 6.19. The Hall–Kier alpha value is -2.08. The summed E-state index contributed by atoms with van der Waals surface area (Å²) in [4.78, 5) is 31.7. The minimum Gasteiger partial charge on any atom is -0.494 e. The van der Waals surface area contributed by atoms with Crippen molar-refractivity contribution >= 4 is 11.8 Å². The van der Waals surface area contributed by atoms with Crippen molar-refractivity contribution in [3.63, 3.8) is 0 Å². The summed E-state index contributed by atoms with van der Waals surface area (Å²) in [6, 6.07) is 8.02. The smallest absolute Gasteiger partial charge is 0.246 e. The van der Waals surface area contributed by atoms with E-state index in [1.165, 1.54) is 37.7 Å². The van der Waals surface area contributed by atoms with E-state index < -0.39 is 5.54 Å². The fourth-order valence-corrected chi connectivity index (χ4v) is 6.18. The quantitative estimate of drug-likeness (QED) is 0.514. The van der Waals surface area contributed by atoms with Crippen LogP contribution in [-0.2, 0) is 16.1 Å². The van der Waals surface area contributed by atoms with Crippen LogP contribution in [-0.4, -0.2) is 59.4 Å². The highest BCUT2D eigenvalue weighted by atomic mass is 16.5. The molecule has 35 heavy (non-hydrogen) atoms. The number of hydrogen-bond acceptors (Lipinski definition) is 4. The zero-order valence-corrected chi connectivity index (χ0v) is 21.9. The van der Waals surface area contributed by atoms with Crippen molar-refractivity contribution in [2.24, 2.45) is 5.92 Å². The Morgan fingerprint density at radius 3 is 2.37 bits per heavy atom. The molecule has 3 aliphatic rings. The Morgan fingerprint density at radius 2 is 1.71 bits per heavy atom. The van der Waals surface area contributed by atoms with Crippen molar-refractivity contribution in [1.82, 2.24) is 15.1 Å². The zero-order valence-electron chi connectivity index (χ0n) is 21.9. The number of piperazine rings is 1. The van der Waals surface area contributed by atoms with Crippen LogP contribution in [0.15, 0.2) is 24.3 Å². The molecule has 0 bridgehead atoms. The highest BCUT2D eigenvalue weighted by molar-refractivity contribution is 6.00. The number of amides is 2. The number of ether oxygens (including phenoxy) is 1. The normalized spacial score (nSPS) is 23.5. The summed E-state index contributed by atoms with van der Waals surface area (Å²) in [6.07, 6.45) is 11.4. The fraction of sp³-hybridized carbons (Fsp3) is 0.724. The fourth-order valence-electron chi connectivity index (χ4n) is 6.18. The van der Waals surface area contributed by atoms with Crippen LogP contribution in [0.3, 0.4) is 0 Å². The molecule has 1 aromatic carbocycles. The number of likely N-dealkylation sites (tertiary alicyclic amines) is 1. The Balaban J connectivity index is 1.39. The summed E-state index contributed by atoms with van der Waals surface area (Å²) >= 11 is 0. The lowest BCUT2D eigenvalue weighted by Crippen LogP contribution is -2.73. The van der Waals surface area contributed by atoms with Crippen LogP contribution in [0.25, 0.3) is 0 Å². The minimum atomic E-state index is -0.677. The molecule has 2 saturated heterocycles. The molecule has 3 fully saturated rings. The Kier molecular flexibility index (Phi) is 9.10. The molecule has 6 nitrogen and oxygen atoms in total. The number of benzene rings is 1. The molecule has 194 valence electrons. The second-order valence-corrected chi connectivity index (χ2v) is 10.9. The van der Waals surface area contributed by atoms with Crippen LogP contribution in [0.4, 0.5) is 0 Å². The first-order chi connectivity index (χ1) is 17.1. The van der Waals surface area contributed by atoms with Crippen LogP contribution < -0.4 is 10.1 Å². The number of rotatable bonds is 10. The van der Waals surface area contributed by atoms with Gasteiger partial charge in [-0.25, -0.2) is 0 Å². The van der Waals surface area contributed by atoms with Gasteiger partial charge < -0.3 is 15.0 Å². The molecular weight excluding hydrogens is 438 g/mol. The molecule has 1 spiro atoms. The summed E-state index contributed by atoms with van der Waals surface area (Å²) in [5.74, 6) is 1.74. The number of hydrogen-bond donors (Lipinski definition) is 1. The van der Waals surface area contributed by atoms with Crippen LogP contribution in [0, 0.1) is 5.92 Å². The highest BCUT2D eigenvalue weighted by Crippen LogP contribution is 2.36. The van der Waals surface area contributed by atoms with Gasteiger partial charge in [0.2, 0.25) is 11.8 Å². The number of carbonyl (C=O) groups excluding carboxylic acids is 2. The maximum Gasteiger partial charge on any atom is 0.246 e. The first-order valence-corrected chi connectivity index (χ1v) is 14.1.